The predicted molar refractivity (Wildman–Crippen MR) is 85.7 cm³/mol. The Morgan fingerprint density at radius 2 is 2.24 bits per heavy atom. The van der Waals surface area contributed by atoms with E-state index < -0.39 is 0 Å². The first-order valence-electron chi connectivity index (χ1n) is 7.75. The number of benzene rings is 1. The minimum Gasteiger partial charge on any atom is -0.494 e. The van der Waals surface area contributed by atoms with Crippen molar-refractivity contribution in [1.82, 2.24) is 5.32 Å². The summed E-state index contributed by atoms with van der Waals surface area (Å²) in [5, 5.41) is 6.43. The molecule has 0 bridgehead atoms. The third-order valence-corrected chi connectivity index (χ3v) is 4.50. The summed E-state index contributed by atoms with van der Waals surface area (Å²) in [6.45, 7) is 10.5. The fourth-order valence-corrected chi connectivity index (χ4v) is 2.94. The van der Waals surface area contributed by atoms with E-state index in [4.69, 9.17) is 4.74 Å². The van der Waals surface area contributed by atoms with Crippen LogP contribution < -0.4 is 15.4 Å². The molecule has 1 aromatic carbocycles. The highest BCUT2D eigenvalue weighted by Crippen LogP contribution is 2.36. The molecule has 4 heteroatoms. The molecule has 4 nitrogen and oxygen atoms in total. The van der Waals surface area contributed by atoms with Gasteiger partial charge in [0.1, 0.15) is 5.75 Å². The van der Waals surface area contributed by atoms with Gasteiger partial charge < -0.3 is 15.4 Å². The fourth-order valence-electron chi connectivity index (χ4n) is 2.94. The Morgan fingerprint density at radius 1 is 1.48 bits per heavy atom. The summed E-state index contributed by atoms with van der Waals surface area (Å²) in [6.07, 6.45) is 0.895. The van der Waals surface area contributed by atoms with E-state index in [2.05, 4.69) is 24.5 Å². The van der Waals surface area contributed by atoms with E-state index in [1.165, 1.54) is 0 Å². The normalized spacial score (nSPS) is 21.6. The third kappa shape index (κ3) is 3.21. The lowest BCUT2D eigenvalue weighted by molar-refractivity contribution is -0.126. The number of nitrogens with one attached hydrogen (secondary N) is 2. The van der Waals surface area contributed by atoms with E-state index >= 15 is 0 Å². The Balaban J connectivity index is 2.15. The topological polar surface area (TPSA) is 50.4 Å². The van der Waals surface area contributed by atoms with Crippen molar-refractivity contribution >= 4 is 11.6 Å². The van der Waals surface area contributed by atoms with Crippen LogP contribution in [-0.4, -0.2) is 25.6 Å². The summed E-state index contributed by atoms with van der Waals surface area (Å²) in [5.74, 6) is 1.28. The van der Waals surface area contributed by atoms with Crippen LogP contribution in [0.4, 0.5) is 5.69 Å². The molecule has 1 heterocycles. The Morgan fingerprint density at radius 3 is 2.76 bits per heavy atom. The first kappa shape index (κ1) is 15.8. The molecule has 0 aromatic heterocycles. The number of hydrogen-bond acceptors (Lipinski definition) is 3. The molecule has 1 fully saturated rings. The SMILES string of the molecule is CCOc1ccc(NC(=O)C2(C(C)C)CCNC2)c(C)c1. The molecule has 1 atom stereocenters. The van der Waals surface area contributed by atoms with Crippen LogP contribution in [0, 0.1) is 18.3 Å². The van der Waals surface area contributed by atoms with Gasteiger partial charge in [-0.2, -0.15) is 0 Å². The number of anilines is 1. The van der Waals surface area contributed by atoms with Crippen molar-refractivity contribution < 1.29 is 9.53 Å². The van der Waals surface area contributed by atoms with Crippen molar-refractivity contribution in [3.8, 4) is 5.75 Å². The maximum atomic E-state index is 12.8. The summed E-state index contributed by atoms with van der Waals surface area (Å²) in [5.41, 5.74) is 1.60. The van der Waals surface area contributed by atoms with Gasteiger partial charge in [0.05, 0.1) is 12.0 Å². The summed E-state index contributed by atoms with van der Waals surface area (Å²) >= 11 is 0. The highest BCUT2D eigenvalue weighted by atomic mass is 16.5. The number of rotatable bonds is 5. The molecule has 0 radical (unpaired) electrons. The summed E-state index contributed by atoms with van der Waals surface area (Å²) < 4.78 is 5.48. The van der Waals surface area contributed by atoms with Crippen LogP contribution in [-0.2, 0) is 4.79 Å². The van der Waals surface area contributed by atoms with Gasteiger partial charge in [-0.15, -0.1) is 0 Å². The maximum Gasteiger partial charge on any atom is 0.232 e. The van der Waals surface area contributed by atoms with Crippen molar-refractivity contribution in [1.29, 1.82) is 0 Å². The van der Waals surface area contributed by atoms with Crippen LogP contribution in [0.3, 0.4) is 0 Å². The van der Waals surface area contributed by atoms with Gasteiger partial charge in [-0.1, -0.05) is 13.8 Å². The summed E-state index contributed by atoms with van der Waals surface area (Å²) in [7, 11) is 0. The average Bonchev–Trinajstić information content (AvgIpc) is 2.93. The standard InChI is InChI=1S/C17H26N2O2/c1-5-21-14-6-7-15(13(4)10-14)19-16(20)17(12(2)3)8-9-18-11-17/h6-7,10,12,18H,5,8-9,11H2,1-4H3,(H,19,20). The van der Waals surface area contributed by atoms with E-state index in [-0.39, 0.29) is 11.3 Å². The highest BCUT2D eigenvalue weighted by molar-refractivity contribution is 5.96. The van der Waals surface area contributed by atoms with E-state index in [9.17, 15) is 4.79 Å². The monoisotopic (exact) mass is 290 g/mol. The molecule has 1 amide bonds. The molecule has 1 unspecified atom stereocenters. The van der Waals surface area contributed by atoms with Crippen molar-refractivity contribution in [3.63, 3.8) is 0 Å². The zero-order valence-electron chi connectivity index (χ0n) is 13.5. The highest BCUT2D eigenvalue weighted by Gasteiger charge is 2.43. The summed E-state index contributed by atoms with van der Waals surface area (Å²) in [6, 6.07) is 5.80. The minimum absolute atomic E-state index is 0.120. The lowest BCUT2D eigenvalue weighted by atomic mass is 9.75. The number of hydrogen-bond donors (Lipinski definition) is 2. The van der Waals surface area contributed by atoms with Crippen LogP contribution >= 0.6 is 0 Å². The number of amides is 1. The first-order chi connectivity index (χ1) is 9.99. The Bertz CT molecular complexity index is 506. The van der Waals surface area contributed by atoms with E-state index in [1.54, 1.807) is 0 Å². The molecule has 116 valence electrons. The van der Waals surface area contributed by atoms with E-state index in [0.717, 1.165) is 36.5 Å². The molecule has 2 rings (SSSR count). The second-order valence-corrected chi connectivity index (χ2v) is 6.10. The lowest BCUT2D eigenvalue weighted by Gasteiger charge is -2.31. The van der Waals surface area contributed by atoms with Gasteiger partial charge >= 0.3 is 0 Å². The van der Waals surface area contributed by atoms with Gasteiger partial charge in [-0.3, -0.25) is 4.79 Å². The van der Waals surface area contributed by atoms with E-state index in [0.29, 0.717) is 12.5 Å². The molecular formula is C17H26N2O2. The van der Waals surface area contributed by atoms with Crippen LogP contribution in [0.2, 0.25) is 0 Å². The number of ether oxygens (including phenoxy) is 1. The predicted octanol–water partition coefficient (Wildman–Crippen LogP) is 2.97. The first-order valence-corrected chi connectivity index (χ1v) is 7.75. The Kier molecular flexibility index (Phi) is 4.88. The van der Waals surface area contributed by atoms with Gasteiger partial charge in [0.2, 0.25) is 5.91 Å². The molecule has 2 N–H and O–H groups in total. The van der Waals surface area contributed by atoms with Crippen LogP contribution in [0.15, 0.2) is 18.2 Å². The molecular weight excluding hydrogens is 264 g/mol. The molecule has 0 aliphatic carbocycles. The quantitative estimate of drug-likeness (QED) is 0.876. The number of aryl methyl sites for hydroxylation is 1. The van der Waals surface area contributed by atoms with Crippen molar-refractivity contribution in [2.24, 2.45) is 11.3 Å². The summed E-state index contributed by atoms with van der Waals surface area (Å²) in [4.78, 5) is 12.8. The molecule has 1 aliphatic heterocycles. The van der Waals surface area contributed by atoms with Crippen molar-refractivity contribution in [2.45, 2.75) is 34.1 Å². The van der Waals surface area contributed by atoms with Gasteiger partial charge in [0, 0.05) is 12.2 Å². The number of carbonyl (C=O) groups excluding carboxylic acids is 1. The van der Waals surface area contributed by atoms with Gasteiger partial charge in [-0.05, 0) is 56.5 Å². The smallest absolute Gasteiger partial charge is 0.232 e. The lowest BCUT2D eigenvalue weighted by Crippen LogP contribution is -2.42. The van der Waals surface area contributed by atoms with Gasteiger partial charge in [-0.25, -0.2) is 0 Å². The van der Waals surface area contributed by atoms with Gasteiger partial charge in [0.15, 0.2) is 0 Å². The molecule has 1 aliphatic rings. The van der Waals surface area contributed by atoms with Crippen LogP contribution in [0.1, 0.15) is 32.8 Å². The molecule has 0 saturated carbocycles. The average molecular weight is 290 g/mol. The molecule has 1 aromatic rings. The van der Waals surface area contributed by atoms with Gasteiger partial charge in [0.25, 0.3) is 0 Å². The second kappa shape index (κ2) is 6.48. The van der Waals surface area contributed by atoms with Crippen LogP contribution in [0.5, 0.6) is 5.75 Å². The fraction of sp³-hybridized carbons (Fsp3) is 0.588. The van der Waals surface area contributed by atoms with E-state index in [1.807, 2.05) is 32.0 Å². The second-order valence-electron chi connectivity index (χ2n) is 6.10. The third-order valence-electron chi connectivity index (χ3n) is 4.50. The molecule has 0 spiro atoms. The zero-order valence-corrected chi connectivity index (χ0v) is 13.5. The zero-order chi connectivity index (χ0) is 15.5. The Labute approximate surface area is 127 Å². The van der Waals surface area contributed by atoms with Crippen molar-refractivity contribution in [3.05, 3.63) is 23.8 Å². The maximum absolute atomic E-state index is 12.8. The van der Waals surface area contributed by atoms with Crippen molar-refractivity contribution in [2.75, 3.05) is 25.0 Å². The largest absolute Gasteiger partial charge is 0.494 e. The minimum atomic E-state index is -0.301. The molecule has 1 saturated heterocycles. The van der Waals surface area contributed by atoms with Crippen LogP contribution in [0.25, 0.3) is 0 Å². The Hall–Kier alpha value is -1.55. The molecule has 21 heavy (non-hydrogen) atoms. The number of carbonyl (C=O) groups is 1.